The molecule has 0 unspecified atom stereocenters. The van der Waals surface area contributed by atoms with E-state index in [1.165, 1.54) is 19.2 Å². The molecule has 2 aliphatic rings. The van der Waals surface area contributed by atoms with Gasteiger partial charge < -0.3 is 19.3 Å². The maximum Gasteiger partial charge on any atom is 0.337 e. The second-order valence-corrected chi connectivity index (χ2v) is 10.2. The zero-order chi connectivity index (χ0) is 23.2. The van der Waals surface area contributed by atoms with Crippen molar-refractivity contribution in [1.29, 1.82) is 0 Å². The Morgan fingerprint density at radius 3 is 2.38 bits per heavy atom. The molecule has 1 saturated heterocycles. The normalized spacial score (nSPS) is 17.0. The van der Waals surface area contributed by atoms with Crippen molar-refractivity contribution in [2.24, 2.45) is 0 Å². The minimum Gasteiger partial charge on any atom is -0.465 e. The Bertz CT molecular complexity index is 1220. The van der Waals surface area contributed by atoms with Gasteiger partial charge in [0, 0.05) is 44.4 Å². The second-order valence-electron chi connectivity index (χ2n) is 7.88. The number of methoxy groups -OCH3 is 1. The van der Waals surface area contributed by atoms with Crippen molar-refractivity contribution < 1.29 is 27.5 Å². The van der Waals surface area contributed by atoms with E-state index in [0.717, 1.165) is 5.69 Å². The lowest BCUT2D eigenvalue weighted by Crippen LogP contribution is -2.48. The lowest BCUT2D eigenvalue weighted by Gasteiger charge is -2.36. The molecule has 8 nitrogen and oxygen atoms in total. The third kappa shape index (κ3) is 4.02. The first-order chi connectivity index (χ1) is 15.1. The predicted molar refractivity (Wildman–Crippen MR) is 119 cm³/mol. The molecule has 0 radical (unpaired) electrons. The number of sulfone groups is 1. The van der Waals surface area contributed by atoms with Crippen LogP contribution in [0.15, 0.2) is 29.2 Å². The quantitative estimate of drug-likeness (QED) is 0.612. The van der Waals surface area contributed by atoms with Crippen molar-refractivity contribution in [2.75, 3.05) is 38.2 Å². The van der Waals surface area contributed by atoms with Gasteiger partial charge in [-0.15, -0.1) is 0 Å². The highest BCUT2D eigenvalue weighted by Gasteiger charge is 2.32. The molecule has 1 fully saturated rings. The van der Waals surface area contributed by atoms with Crippen molar-refractivity contribution in [1.82, 2.24) is 4.90 Å². The number of esters is 1. The Labute approximate surface area is 191 Å². The van der Waals surface area contributed by atoms with Gasteiger partial charge in [-0.05, 0) is 36.8 Å². The van der Waals surface area contributed by atoms with E-state index in [-0.39, 0.29) is 33.6 Å². The smallest absolute Gasteiger partial charge is 0.337 e. The van der Waals surface area contributed by atoms with Gasteiger partial charge in [0.15, 0.2) is 9.84 Å². The SMILES string of the molecule is COC(=O)c1cc(C)c2c(c1)S(=O)(=O)Cc1cc(N3CCN(C(C)=O)CC3)cc(Cl)c1O2. The van der Waals surface area contributed by atoms with Crippen molar-refractivity contribution in [3.05, 3.63) is 46.0 Å². The number of rotatable bonds is 2. The number of aryl methyl sites for hydroxylation is 1. The first kappa shape index (κ1) is 22.4. The summed E-state index contributed by atoms with van der Waals surface area (Å²) in [5.74, 6) is -0.475. The van der Waals surface area contributed by atoms with E-state index in [9.17, 15) is 18.0 Å². The molecule has 2 aliphatic heterocycles. The van der Waals surface area contributed by atoms with Crippen LogP contribution < -0.4 is 9.64 Å². The summed E-state index contributed by atoms with van der Waals surface area (Å²) in [5, 5.41) is 0.297. The summed E-state index contributed by atoms with van der Waals surface area (Å²) in [6.07, 6.45) is 0. The average Bonchev–Trinajstić information content (AvgIpc) is 2.87. The maximum atomic E-state index is 13.3. The molecule has 32 heavy (non-hydrogen) atoms. The lowest BCUT2D eigenvalue weighted by atomic mass is 10.1. The topological polar surface area (TPSA) is 93.2 Å². The number of amides is 1. The number of halogens is 1. The molecule has 170 valence electrons. The summed E-state index contributed by atoms with van der Waals surface area (Å²) in [6.45, 7) is 5.61. The number of hydrogen-bond donors (Lipinski definition) is 0. The molecule has 2 heterocycles. The molecule has 0 aromatic heterocycles. The molecule has 0 aliphatic carbocycles. The average molecular weight is 479 g/mol. The van der Waals surface area contributed by atoms with Crippen LogP contribution in [0.3, 0.4) is 0 Å². The van der Waals surface area contributed by atoms with E-state index in [2.05, 4.69) is 4.90 Å². The highest BCUT2D eigenvalue weighted by Crippen LogP contribution is 2.45. The largest absolute Gasteiger partial charge is 0.465 e. The fourth-order valence-corrected chi connectivity index (χ4v) is 5.88. The van der Waals surface area contributed by atoms with Crippen LogP contribution in [0.2, 0.25) is 5.02 Å². The van der Waals surface area contributed by atoms with Crippen LogP contribution >= 0.6 is 11.6 Å². The molecule has 1 amide bonds. The monoisotopic (exact) mass is 478 g/mol. The summed E-state index contributed by atoms with van der Waals surface area (Å²) < 4.78 is 37.3. The van der Waals surface area contributed by atoms with Crippen molar-refractivity contribution in [3.8, 4) is 11.5 Å². The van der Waals surface area contributed by atoms with Gasteiger partial charge in [0.2, 0.25) is 5.91 Å². The van der Waals surface area contributed by atoms with Gasteiger partial charge in [-0.2, -0.15) is 0 Å². The standard InChI is InChI=1S/C22H23ClN2O6S/c1-13-8-15(22(27)30-3)10-19-20(13)31-21-16(12-32(19,28)29)9-17(11-18(21)23)25-6-4-24(5-7-25)14(2)26/h8-11H,4-7,12H2,1-3H3. The molecule has 10 heteroatoms. The number of anilines is 1. The fraction of sp³-hybridized carbons (Fsp3) is 0.364. The van der Waals surface area contributed by atoms with Gasteiger partial charge in [-0.3, -0.25) is 4.79 Å². The lowest BCUT2D eigenvalue weighted by molar-refractivity contribution is -0.129. The number of fused-ring (bicyclic) bond motifs is 2. The van der Waals surface area contributed by atoms with Crippen LogP contribution in [0.5, 0.6) is 11.5 Å². The molecule has 0 spiro atoms. The van der Waals surface area contributed by atoms with Crippen LogP contribution in [0.1, 0.15) is 28.4 Å². The Morgan fingerprint density at radius 1 is 1.06 bits per heavy atom. The molecule has 2 aromatic carbocycles. The molecule has 0 N–H and O–H groups in total. The molecule has 0 bridgehead atoms. The van der Waals surface area contributed by atoms with Crippen molar-refractivity contribution >= 4 is 39.0 Å². The van der Waals surface area contributed by atoms with Gasteiger partial charge >= 0.3 is 5.97 Å². The number of carbonyl (C=O) groups is 2. The first-order valence-corrected chi connectivity index (χ1v) is 12.1. The summed E-state index contributed by atoms with van der Waals surface area (Å²) in [5.41, 5.74) is 1.84. The highest BCUT2D eigenvalue weighted by atomic mass is 35.5. The number of hydrogen-bond acceptors (Lipinski definition) is 7. The number of ether oxygens (including phenoxy) is 2. The summed E-state index contributed by atoms with van der Waals surface area (Å²) >= 11 is 6.55. The van der Waals surface area contributed by atoms with Crippen LogP contribution in [0.4, 0.5) is 5.69 Å². The van der Waals surface area contributed by atoms with Crippen LogP contribution in [0.25, 0.3) is 0 Å². The van der Waals surface area contributed by atoms with Gasteiger partial charge in [0.25, 0.3) is 0 Å². The number of benzene rings is 2. The molecule has 0 atom stereocenters. The van der Waals surface area contributed by atoms with Gasteiger partial charge in [-0.25, -0.2) is 13.2 Å². The number of piperazine rings is 1. The summed E-state index contributed by atoms with van der Waals surface area (Å²) in [6, 6.07) is 6.33. The van der Waals surface area contributed by atoms with E-state index >= 15 is 0 Å². The Morgan fingerprint density at radius 2 is 1.75 bits per heavy atom. The van der Waals surface area contributed by atoms with E-state index in [1.807, 2.05) is 0 Å². The first-order valence-electron chi connectivity index (χ1n) is 10.1. The molecule has 0 saturated carbocycles. The van der Waals surface area contributed by atoms with Crippen LogP contribution in [0, 0.1) is 6.92 Å². The Balaban J connectivity index is 1.74. The Kier molecular flexibility index (Phi) is 5.81. The molecule has 4 rings (SSSR count). The molecular weight excluding hydrogens is 456 g/mol. The zero-order valence-corrected chi connectivity index (χ0v) is 19.5. The summed E-state index contributed by atoms with van der Waals surface area (Å²) in [4.78, 5) is 27.4. The van der Waals surface area contributed by atoms with E-state index in [1.54, 1.807) is 30.9 Å². The Hall–Kier alpha value is -2.78. The number of carbonyl (C=O) groups excluding carboxylic acids is 2. The van der Waals surface area contributed by atoms with Gasteiger partial charge in [-0.1, -0.05) is 11.6 Å². The van der Waals surface area contributed by atoms with Gasteiger partial charge in [0.05, 0.1) is 23.4 Å². The minimum absolute atomic E-state index is 0.0311. The molecule has 2 aromatic rings. The van der Waals surface area contributed by atoms with Crippen molar-refractivity contribution in [2.45, 2.75) is 24.5 Å². The van der Waals surface area contributed by atoms with Crippen molar-refractivity contribution in [3.63, 3.8) is 0 Å². The third-order valence-corrected chi connectivity index (χ3v) is 7.69. The zero-order valence-electron chi connectivity index (χ0n) is 18.0. The summed E-state index contributed by atoms with van der Waals surface area (Å²) in [7, 11) is -2.59. The molecular formula is C22H23ClN2O6S. The van der Waals surface area contributed by atoms with Crippen LogP contribution in [-0.4, -0.2) is 58.5 Å². The van der Waals surface area contributed by atoms with Gasteiger partial charge in [0.1, 0.15) is 16.4 Å². The second kappa shape index (κ2) is 8.29. The van der Waals surface area contributed by atoms with E-state index in [0.29, 0.717) is 42.3 Å². The highest BCUT2D eigenvalue weighted by molar-refractivity contribution is 7.90. The number of nitrogens with zero attached hydrogens (tertiary/aromatic N) is 2. The maximum absolute atomic E-state index is 13.3. The van der Waals surface area contributed by atoms with Crippen LogP contribution in [-0.2, 0) is 25.1 Å². The third-order valence-electron chi connectivity index (χ3n) is 5.74. The predicted octanol–water partition coefficient (Wildman–Crippen LogP) is 3.18. The fourth-order valence-electron chi connectivity index (χ4n) is 4.04. The van der Waals surface area contributed by atoms with E-state index < -0.39 is 15.8 Å². The van der Waals surface area contributed by atoms with E-state index in [4.69, 9.17) is 21.1 Å². The minimum atomic E-state index is -3.83.